The summed E-state index contributed by atoms with van der Waals surface area (Å²) in [4.78, 5) is 11.3. The predicted molar refractivity (Wildman–Crippen MR) is 70.2 cm³/mol. The molecule has 1 aliphatic rings. The fourth-order valence-corrected chi connectivity index (χ4v) is 5.74. The van der Waals surface area contributed by atoms with Crippen molar-refractivity contribution < 1.29 is 4.79 Å². The van der Waals surface area contributed by atoms with Crippen LogP contribution in [0.1, 0.15) is 20.8 Å². The highest BCUT2D eigenvalue weighted by molar-refractivity contribution is 8.23. The van der Waals surface area contributed by atoms with Gasteiger partial charge in [-0.2, -0.15) is 0 Å². The Morgan fingerprint density at radius 3 is 2.29 bits per heavy atom. The van der Waals surface area contributed by atoms with Gasteiger partial charge in [0.05, 0.1) is 4.58 Å². The molecule has 80 valence electrons. The van der Waals surface area contributed by atoms with Crippen molar-refractivity contribution in [3.8, 4) is 0 Å². The molecule has 1 fully saturated rings. The van der Waals surface area contributed by atoms with Crippen LogP contribution < -0.4 is 0 Å². The fourth-order valence-electron chi connectivity index (χ4n) is 1.08. The molecular weight excluding hydrogens is 232 g/mol. The molecule has 2 atom stereocenters. The monoisotopic (exact) mass is 248 g/mol. The van der Waals surface area contributed by atoms with E-state index in [1.807, 2.05) is 23.5 Å². The van der Waals surface area contributed by atoms with Crippen molar-refractivity contribution in [2.75, 3.05) is 5.75 Å². The molecule has 0 saturated carbocycles. The number of rotatable bonds is 3. The van der Waals surface area contributed by atoms with Gasteiger partial charge >= 0.3 is 0 Å². The summed E-state index contributed by atoms with van der Waals surface area (Å²) in [6.45, 7) is 9.93. The van der Waals surface area contributed by atoms with Gasteiger partial charge in [-0.15, -0.1) is 23.5 Å². The maximum Gasteiger partial charge on any atom is 0.214 e. The second-order valence-electron chi connectivity index (χ2n) is 3.49. The molecule has 1 aliphatic heterocycles. The third-order valence-corrected chi connectivity index (χ3v) is 7.08. The molecule has 1 nitrogen and oxygen atoms in total. The van der Waals surface area contributed by atoms with Gasteiger partial charge in [0.2, 0.25) is 5.12 Å². The van der Waals surface area contributed by atoms with Gasteiger partial charge in [-0.1, -0.05) is 32.2 Å². The Labute approximate surface area is 98.9 Å². The minimum Gasteiger partial charge on any atom is -0.282 e. The highest BCUT2D eigenvalue weighted by atomic mass is 32.2. The Morgan fingerprint density at radius 2 is 1.86 bits per heavy atom. The maximum absolute atomic E-state index is 11.3. The summed E-state index contributed by atoms with van der Waals surface area (Å²) in [6, 6.07) is 0. The molecule has 0 spiro atoms. The highest BCUT2D eigenvalue weighted by Crippen LogP contribution is 2.44. The second kappa shape index (κ2) is 5.52. The zero-order chi connectivity index (χ0) is 10.7. The Kier molecular flexibility index (Phi) is 4.94. The first-order chi connectivity index (χ1) is 6.50. The van der Waals surface area contributed by atoms with Crippen LogP contribution in [0.25, 0.3) is 0 Å². The van der Waals surface area contributed by atoms with Crippen LogP contribution in [0.3, 0.4) is 0 Å². The SMILES string of the molecule is C=C(C)C(=O)SCC1SC(C)C(C)S1. The predicted octanol–water partition coefficient (Wildman–Crippen LogP) is 3.41. The number of hydrogen-bond acceptors (Lipinski definition) is 4. The summed E-state index contributed by atoms with van der Waals surface area (Å²) >= 11 is 5.38. The fraction of sp³-hybridized carbons (Fsp3) is 0.700. The minimum absolute atomic E-state index is 0.137. The van der Waals surface area contributed by atoms with Crippen molar-refractivity contribution in [2.24, 2.45) is 0 Å². The third kappa shape index (κ3) is 3.55. The second-order valence-corrected chi connectivity index (χ2v) is 7.95. The zero-order valence-electron chi connectivity index (χ0n) is 8.78. The van der Waals surface area contributed by atoms with E-state index < -0.39 is 0 Å². The van der Waals surface area contributed by atoms with Crippen molar-refractivity contribution in [2.45, 2.75) is 35.9 Å². The first-order valence-electron chi connectivity index (χ1n) is 4.64. The lowest BCUT2D eigenvalue weighted by Gasteiger charge is -2.06. The van der Waals surface area contributed by atoms with Gasteiger partial charge < -0.3 is 0 Å². The van der Waals surface area contributed by atoms with E-state index in [2.05, 4.69) is 20.4 Å². The van der Waals surface area contributed by atoms with E-state index in [0.717, 1.165) is 5.75 Å². The molecule has 4 heteroatoms. The Morgan fingerprint density at radius 1 is 1.36 bits per heavy atom. The molecule has 0 N–H and O–H groups in total. The van der Waals surface area contributed by atoms with Crippen molar-refractivity contribution >= 4 is 40.4 Å². The standard InChI is InChI=1S/C10H16OS3/c1-6(2)10(11)12-5-9-13-7(3)8(4)14-9/h7-9H,1,5H2,2-4H3. The molecule has 0 aromatic rings. The van der Waals surface area contributed by atoms with E-state index in [9.17, 15) is 4.79 Å². The lowest BCUT2D eigenvalue weighted by molar-refractivity contribution is -0.107. The normalized spacial score (nSPS) is 31.8. The lowest BCUT2D eigenvalue weighted by atomic mass is 10.4. The summed E-state index contributed by atoms with van der Waals surface area (Å²) in [5, 5.41) is 1.56. The number of hydrogen-bond donors (Lipinski definition) is 0. The van der Waals surface area contributed by atoms with Gasteiger partial charge in [0.25, 0.3) is 0 Å². The van der Waals surface area contributed by atoms with E-state index in [1.165, 1.54) is 11.8 Å². The van der Waals surface area contributed by atoms with Crippen LogP contribution in [0.4, 0.5) is 0 Å². The van der Waals surface area contributed by atoms with Crippen molar-refractivity contribution in [1.82, 2.24) is 0 Å². The number of thioether (sulfide) groups is 3. The lowest BCUT2D eigenvalue weighted by Crippen LogP contribution is -2.04. The summed E-state index contributed by atoms with van der Waals surface area (Å²) in [5.74, 6) is 0.912. The molecule has 2 unspecified atom stereocenters. The minimum atomic E-state index is 0.137. The highest BCUT2D eigenvalue weighted by Gasteiger charge is 2.29. The number of carbonyl (C=O) groups excluding carboxylic acids is 1. The van der Waals surface area contributed by atoms with Crippen LogP contribution in [0.15, 0.2) is 12.2 Å². The average Bonchev–Trinajstić information content (AvgIpc) is 2.42. The van der Waals surface area contributed by atoms with E-state index in [0.29, 0.717) is 20.7 Å². The summed E-state index contributed by atoms with van der Waals surface area (Å²) in [6.07, 6.45) is 0. The van der Waals surface area contributed by atoms with Crippen molar-refractivity contribution in [3.63, 3.8) is 0 Å². The van der Waals surface area contributed by atoms with Crippen LogP contribution in [0.2, 0.25) is 0 Å². The smallest absolute Gasteiger partial charge is 0.214 e. The van der Waals surface area contributed by atoms with E-state index >= 15 is 0 Å². The van der Waals surface area contributed by atoms with Crippen LogP contribution in [0.5, 0.6) is 0 Å². The van der Waals surface area contributed by atoms with Crippen LogP contribution in [0, 0.1) is 0 Å². The molecule has 0 radical (unpaired) electrons. The van der Waals surface area contributed by atoms with Gasteiger partial charge in [-0.3, -0.25) is 4.79 Å². The first-order valence-corrected chi connectivity index (χ1v) is 7.51. The van der Waals surface area contributed by atoms with E-state index in [4.69, 9.17) is 0 Å². The molecule has 0 amide bonds. The molecule has 0 bridgehead atoms. The first kappa shape index (κ1) is 12.5. The topological polar surface area (TPSA) is 17.1 Å². The van der Waals surface area contributed by atoms with Crippen LogP contribution >= 0.6 is 35.3 Å². The van der Waals surface area contributed by atoms with E-state index in [-0.39, 0.29) is 5.12 Å². The zero-order valence-corrected chi connectivity index (χ0v) is 11.2. The molecule has 0 aliphatic carbocycles. The Bertz CT molecular complexity index is 230. The van der Waals surface area contributed by atoms with Gasteiger partial charge in [-0.05, 0) is 12.5 Å². The molecular formula is C10H16OS3. The molecule has 0 aromatic carbocycles. The molecule has 1 saturated heterocycles. The Balaban J connectivity index is 2.27. The van der Waals surface area contributed by atoms with Crippen LogP contribution in [-0.4, -0.2) is 25.9 Å². The molecule has 0 aromatic heterocycles. The maximum atomic E-state index is 11.3. The van der Waals surface area contributed by atoms with Gasteiger partial charge in [0.15, 0.2) is 0 Å². The molecule has 1 heterocycles. The van der Waals surface area contributed by atoms with Gasteiger partial charge in [0.1, 0.15) is 0 Å². The molecule has 14 heavy (non-hydrogen) atoms. The summed E-state index contributed by atoms with van der Waals surface area (Å²) in [7, 11) is 0. The van der Waals surface area contributed by atoms with Crippen LogP contribution in [-0.2, 0) is 4.79 Å². The largest absolute Gasteiger partial charge is 0.282 e. The van der Waals surface area contributed by atoms with Crippen molar-refractivity contribution in [1.29, 1.82) is 0 Å². The summed E-state index contributed by atoms with van der Waals surface area (Å²) < 4.78 is 0.577. The Hall–Kier alpha value is 0.460. The molecule has 1 rings (SSSR count). The van der Waals surface area contributed by atoms with Crippen molar-refractivity contribution in [3.05, 3.63) is 12.2 Å². The summed E-state index contributed by atoms with van der Waals surface area (Å²) in [5.41, 5.74) is 0.657. The third-order valence-electron chi connectivity index (χ3n) is 2.09. The van der Waals surface area contributed by atoms with Gasteiger partial charge in [-0.25, -0.2) is 0 Å². The number of carbonyl (C=O) groups is 1. The van der Waals surface area contributed by atoms with E-state index in [1.54, 1.807) is 6.92 Å². The quantitative estimate of drug-likeness (QED) is 0.712. The van der Waals surface area contributed by atoms with Gasteiger partial charge in [0, 0.05) is 16.3 Å². The average molecular weight is 248 g/mol.